The van der Waals surface area contributed by atoms with Crippen LogP contribution in [0.2, 0.25) is 0 Å². The first-order chi connectivity index (χ1) is 6.62. The molecule has 1 aliphatic heterocycles. The molecule has 1 heterocycles. The second-order valence-corrected chi connectivity index (χ2v) is 7.41. The van der Waals surface area contributed by atoms with Crippen LogP contribution < -0.4 is 0 Å². The molecule has 3 atom stereocenters. The van der Waals surface area contributed by atoms with Crippen molar-refractivity contribution in [2.24, 2.45) is 17.8 Å². The van der Waals surface area contributed by atoms with Crippen LogP contribution in [0.15, 0.2) is 0 Å². The molecule has 0 aromatic heterocycles. The quantitative estimate of drug-likeness (QED) is 0.656. The maximum Gasteiger partial charge on any atom is 0.0160 e. The zero-order valence-electron chi connectivity index (χ0n) is 9.88. The number of hydrogen-bond donors (Lipinski definition) is 0. The molecule has 0 nitrogen and oxygen atoms in total. The summed E-state index contributed by atoms with van der Waals surface area (Å²) in [6.07, 6.45) is 7.46. The lowest BCUT2D eigenvalue weighted by Gasteiger charge is -2.30. The van der Waals surface area contributed by atoms with Gasteiger partial charge in [0, 0.05) is 4.75 Å². The molecule has 2 fully saturated rings. The molecule has 1 saturated heterocycles. The van der Waals surface area contributed by atoms with E-state index in [2.05, 4.69) is 32.5 Å². The van der Waals surface area contributed by atoms with Crippen molar-refractivity contribution < 1.29 is 0 Å². The highest BCUT2D eigenvalue weighted by molar-refractivity contribution is 8.00. The Hall–Kier alpha value is 0.350. The van der Waals surface area contributed by atoms with Crippen LogP contribution in [0.1, 0.15) is 52.9 Å². The third-order valence-electron chi connectivity index (χ3n) is 4.53. The predicted octanol–water partition coefficient (Wildman–Crippen LogP) is 4.34. The topological polar surface area (TPSA) is 0 Å². The van der Waals surface area contributed by atoms with Crippen molar-refractivity contribution in [2.45, 2.75) is 57.6 Å². The van der Waals surface area contributed by atoms with Gasteiger partial charge < -0.3 is 0 Å². The minimum atomic E-state index is 0.656. The number of rotatable bonds is 2. The molecule has 14 heavy (non-hydrogen) atoms. The summed E-state index contributed by atoms with van der Waals surface area (Å²) in [5.74, 6) is 4.38. The highest BCUT2D eigenvalue weighted by Crippen LogP contribution is 2.51. The summed E-state index contributed by atoms with van der Waals surface area (Å²) in [6.45, 7) is 7.33. The van der Waals surface area contributed by atoms with Crippen LogP contribution in [0.3, 0.4) is 0 Å². The van der Waals surface area contributed by atoms with E-state index in [9.17, 15) is 0 Å². The van der Waals surface area contributed by atoms with E-state index < -0.39 is 0 Å². The fourth-order valence-corrected chi connectivity index (χ4v) is 4.79. The molecular formula is C13H24S. The van der Waals surface area contributed by atoms with Gasteiger partial charge in [-0.2, -0.15) is 11.8 Å². The smallest absolute Gasteiger partial charge is 0.0160 e. The molecule has 82 valence electrons. The van der Waals surface area contributed by atoms with Crippen LogP contribution in [-0.2, 0) is 0 Å². The van der Waals surface area contributed by atoms with Crippen LogP contribution in [0, 0.1) is 17.8 Å². The summed E-state index contributed by atoms with van der Waals surface area (Å²) in [4.78, 5) is 0. The van der Waals surface area contributed by atoms with Crippen molar-refractivity contribution in [1.29, 1.82) is 0 Å². The SMILES string of the molecule is CC(C)C1CCC(C2(C)CCCS2)C1. The Morgan fingerprint density at radius 2 is 2.07 bits per heavy atom. The molecular weight excluding hydrogens is 188 g/mol. The van der Waals surface area contributed by atoms with Gasteiger partial charge in [0.1, 0.15) is 0 Å². The van der Waals surface area contributed by atoms with Crippen molar-refractivity contribution in [2.75, 3.05) is 5.75 Å². The first-order valence-corrected chi connectivity index (χ1v) is 7.24. The zero-order chi connectivity index (χ0) is 10.2. The van der Waals surface area contributed by atoms with E-state index in [0.717, 1.165) is 17.8 Å². The maximum absolute atomic E-state index is 2.53. The first-order valence-electron chi connectivity index (χ1n) is 6.26. The van der Waals surface area contributed by atoms with Crippen LogP contribution in [0.4, 0.5) is 0 Å². The van der Waals surface area contributed by atoms with E-state index in [1.165, 1.54) is 37.9 Å². The van der Waals surface area contributed by atoms with Crippen molar-refractivity contribution >= 4 is 11.8 Å². The molecule has 1 saturated carbocycles. The molecule has 1 aliphatic carbocycles. The molecule has 0 spiro atoms. The molecule has 2 rings (SSSR count). The minimum absolute atomic E-state index is 0.656. The summed E-state index contributed by atoms with van der Waals surface area (Å²) in [5.41, 5.74) is 0. The third kappa shape index (κ3) is 1.98. The Kier molecular flexibility index (Phi) is 3.16. The maximum atomic E-state index is 2.53. The average Bonchev–Trinajstić information content (AvgIpc) is 2.71. The van der Waals surface area contributed by atoms with Gasteiger partial charge in [-0.15, -0.1) is 0 Å². The zero-order valence-corrected chi connectivity index (χ0v) is 10.7. The lowest BCUT2D eigenvalue weighted by Crippen LogP contribution is -2.26. The molecule has 1 heteroatoms. The highest BCUT2D eigenvalue weighted by atomic mass is 32.2. The van der Waals surface area contributed by atoms with Gasteiger partial charge in [0.15, 0.2) is 0 Å². The summed E-state index contributed by atoms with van der Waals surface area (Å²) in [7, 11) is 0. The second kappa shape index (κ2) is 4.08. The predicted molar refractivity (Wildman–Crippen MR) is 65.8 cm³/mol. The Morgan fingerprint density at radius 1 is 1.29 bits per heavy atom. The fraction of sp³-hybridized carbons (Fsp3) is 1.00. The molecule has 0 aromatic rings. The van der Waals surface area contributed by atoms with E-state index in [-0.39, 0.29) is 0 Å². The fourth-order valence-electron chi connectivity index (χ4n) is 3.30. The van der Waals surface area contributed by atoms with Gasteiger partial charge in [-0.1, -0.05) is 20.8 Å². The summed E-state index contributed by atoms with van der Waals surface area (Å²) < 4.78 is 0.656. The summed E-state index contributed by atoms with van der Waals surface area (Å²) in [6, 6.07) is 0. The molecule has 0 aromatic carbocycles. The van der Waals surface area contributed by atoms with Crippen LogP contribution in [0.25, 0.3) is 0 Å². The summed E-state index contributed by atoms with van der Waals surface area (Å²) in [5, 5.41) is 0. The lowest BCUT2D eigenvalue weighted by molar-refractivity contribution is 0.343. The van der Waals surface area contributed by atoms with Crippen molar-refractivity contribution in [1.82, 2.24) is 0 Å². The van der Waals surface area contributed by atoms with Gasteiger partial charge in [0.05, 0.1) is 0 Å². The van der Waals surface area contributed by atoms with Gasteiger partial charge in [0.2, 0.25) is 0 Å². The van der Waals surface area contributed by atoms with E-state index >= 15 is 0 Å². The average molecular weight is 212 g/mol. The molecule has 0 N–H and O–H groups in total. The largest absolute Gasteiger partial charge is 0.155 e. The van der Waals surface area contributed by atoms with E-state index in [1.54, 1.807) is 0 Å². The van der Waals surface area contributed by atoms with E-state index in [4.69, 9.17) is 0 Å². The Labute approximate surface area is 93.2 Å². The molecule has 0 bridgehead atoms. The Balaban J connectivity index is 1.94. The third-order valence-corrected chi connectivity index (χ3v) is 6.22. The lowest BCUT2D eigenvalue weighted by atomic mass is 9.86. The van der Waals surface area contributed by atoms with Gasteiger partial charge in [0.25, 0.3) is 0 Å². The van der Waals surface area contributed by atoms with Crippen molar-refractivity contribution in [3.05, 3.63) is 0 Å². The first kappa shape index (κ1) is 10.9. The highest BCUT2D eigenvalue weighted by Gasteiger charge is 2.41. The van der Waals surface area contributed by atoms with Gasteiger partial charge >= 0.3 is 0 Å². The van der Waals surface area contributed by atoms with Gasteiger partial charge in [-0.25, -0.2) is 0 Å². The van der Waals surface area contributed by atoms with Crippen molar-refractivity contribution in [3.63, 3.8) is 0 Å². The molecule has 3 unspecified atom stereocenters. The number of hydrogen-bond acceptors (Lipinski definition) is 1. The van der Waals surface area contributed by atoms with Crippen LogP contribution >= 0.6 is 11.8 Å². The number of thioether (sulfide) groups is 1. The van der Waals surface area contributed by atoms with Crippen LogP contribution in [0.5, 0.6) is 0 Å². The van der Waals surface area contributed by atoms with Crippen LogP contribution in [-0.4, -0.2) is 10.5 Å². The van der Waals surface area contributed by atoms with Gasteiger partial charge in [-0.05, 0) is 55.6 Å². The van der Waals surface area contributed by atoms with Crippen molar-refractivity contribution in [3.8, 4) is 0 Å². The standard InChI is InChI=1S/C13H24S/c1-10(2)11-5-6-12(9-11)13(3)7-4-8-14-13/h10-12H,4-9H2,1-3H3. The molecule has 2 aliphatic rings. The van der Waals surface area contributed by atoms with E-state index in [0.29, 0.717) is 4.75 Å². The monoisotopic (exact) mass is 212 g/mol. The minimum Gasteiger partial charge on any atom is -0.155 e. The Morgan fingerprint density at radius 3 is 2.57 bits per heavy atom. The molecule has 0 amide bonds. The Bertz CT molecular complexity index is 191. The van der Waals surface area contributed by atoms with E-state index in [1.807, 2.05) is 0 Å². The normalized spacial score (nSPS) is 43.7. The molecule has 0 radical (unpaired) electrons. The van der Waals surface area contributed by atoms with Gasteiger partial charge in [-0.3, -0.25) is 0 Å². The second-order valence-electron chi connectivity index (χ2n) is 5.78. The summed E-state index contributed by atoms with van der Waals surface area (Å²) >= 11 is 2.26.